The predicted octanol–water partition coefficient (Wildman–Crippen LogP) is 3.14. The summed E-state index contributed by atoms with van der Waals surface area (Å²) in [7, 11) is 0. The fourth-order valence-corrected chi connectivity index (χ4v) is 1.33. The summed E-state index contributed by atoms with van der Waals surface area (Å²) in [5.74, 6) is 0.780. The minimum atomic E-state index is 0.346. The van der Waals surface area contributed by atoms with Crippen LogP contribution in [0.2, 0.25) is 0 Å². The molecule has 0 saturated heterocycles. The molecule has 0 aromatic rings. The van der Waals surface area contributed by atoms with Crippen LogP contribution in [0.3, 0.4) is 0 Å². The average Bonchev–Trinajstić information content (AvgIpc) is 2.09. The van der Waals surface area contributed by atoms with Crippen LogP contribution in [-0.4, -0.2) is 11.7 Å². The van der Waals surface area contributed by atoms with Crippen LogP contribution in [0.5, 0.6) is 0 Å². The van der Waals surface area contributed by atoms with E-state index in [1.165, 1.54) is 25.7 Å². The van der Waals surface area contributed by atoms with E-state index < -0.39 is 0 Å². The Morgan fingerprint density at radius 1 is 1.25 bits per heavy atom. The average molecular weight is 170 g/mol. The second kappa shape index (κ2) is 8.79. The van der Waals surface area contributed by atoms with E-state index in [9.17, 15) is 0 Å². The summed E-state index contributed by atoms with van der Waals surface area (Å²) in [6.45, 7) is 4.68. The van der Waals surface area contributed by atoms with Gasteiger partial charge in [0.2, 0.25) is 0 Å². The molecule has 0 amide bonds. The number of hydrogen-bond donors (Lipinski definition) is 1. The number of rotatable bonds is 7. The Hall–Kier alpha value is -0.300. The van der Waals surface area contributed by atoms with E-state index in [-0.39, 0.29) is 0 Å². The minimum absolute atomic E-state index is 0.346. The van der Waals surface area contributed by atoms with Gasteiger partial charge in [0.1, 0.15) is 0 Å². The molecule has 1 N–H and O–H groups in total. The highest BCUT2D eigenvalue weighted by atomic mass is 16.2. The lowest BCUT2D eigenvalue weighted by atomic mass is 9.99. The van der Waals surface area contributed by atoms with Crippen molar-refractivity contribution in [3.05, 3.63) is 12.2 Å². The first-order valence-electron chi connectivity index (χ1n) is 5.03. The molecule has 1 atom stereocenters. The lowest BCUT2D eigenvalue weighted by Crippen LogP contribution is -1.96. The first kappa shape index (κ1) is 11.7. The molecule has 12 heavy (non-hydrogen) atoms. The summed E-state index contributed by atoms with van der Waals surface area (Å²) < 4.78 is 0. The first-order chi connectivity index (χ1) is 5.81. The van der Waals surface area contributed by atoms with E-state index >= 15 is 0 Å². The van der Waals surface area contributed by atoms with Crippen molar-refractivity contribution in [2.24, 2.45) is 5.92 Å². The highest BCUT2D eigenvalue weighted by molar-refractivity contribution is 4.76. The third kappa shape index (κ3) is 7.80. The summed E-state index contributed by atoms with van der Waals surface area (Å²) in [5.41, 5.74) is 0. The molecule has 0 saturated carbocycles. The Bertz CT molecular complexity index is 108. The van der Waals surface area contributed by atoms with Gasteiger partial charge in [0.25, 0.3) is 0 Å². The maximum Gasteiger partial charge on any atom is 0.0431 e. The van der Waals surface area contributed by atoms with Crippen LogP contribution in [0.15, 0.2) is 12.2 Å². The van der Waals surface area contributed by atoms with Crippen molar-refractivity contribution in [2.75, 3.05) is 6.61 Å². The maximum atomic E-state index is 8.61. The van der Waals surface area contributed by atoms with Crippen molar-refractivity contribution >= 4 is 0 Å². The lowest BCUT2D eigenvalue weighted by molar-refractivity contribution is 0.271. The Morgan fingerprint density at radius 2 is 1.92 bits per heavy atom. The molecule has 0 aromatic heterocycles. The molecule has 0 aromatic carbocycles. The van der Waals surface area contributed by atoms with Crippen molar-refractivity contribution in [1.29, 1.82) is 0 Å². The standard InChI is InChI=1S/C11H22O/c1-3-4-5-6-8-11(2)9-7-10-12/h3-4,11-12H,5-10H2,1-2H3/b4-3+. The summed E-state index contributed by atoms with van der Waals surface area (Å²) in [6.07, 6.45) is 10.3. The van der Waals surface area contributed by atoms with Crippen LogP contribution in [0.25, 0.3) is 0 Å². The Labute approximate surface area is 76.5 Å². The summed E-state index contributed by atoms with van der Waals surface area (Å²) >= 11 is 0. The van der Waals surface area contributed by atoms with Crippen LogP contribution in [0.4, 0.5) is 0 Å². The molecule has 0 rings (SSSR count). The Morgan fingerprint density at radius 3 is 2.50 bits per heavy atom. The molecule has 0 spiro atoms. The van der Waals surface area contributed by atoms with E-state index in [0.29, 0.717) is 6.61 Å². The van der Waals surface area contributed by atoms with Crippen molar-refractivity contribution < 1.29 is 5.11 Å². The number of unbranched alkanes of at least 4 members (excludes halogenated alkanes) is 1. The molecular weight excluding hydrogens is 148 g/mol. The van der Waals surface area contributed by atoms with Gasteiger partial charge in [-0.3, -0.25) is 0 Å². The Balaban J connectivity index is 3.13. The fraction of sp³-hybridized carbons (Fsp3) is 0.818. The van der Waals surface area contributed by atoms with Crippen molar-refractivity contribution in [2.45, 2.75) is 46.0 Å². The SMILES string of the molecule is C/C=C/CCCC(C)CCCO. The molecule has 0 radical (unpaired) electrons. The zero-order chi connectivity index (χ0) is 9.23. The second-order valence-corrected chi connectivity index (χ2v) is 3.47. The molecule has 72 valence electrons. The van der Waals surface area contributed by atoms with Gasteiger partial charge in [0.05, 0.1) is 0 Å². The van der Waals surface area contributed by atoms with Crippen molar-refractivity contribution in [3.8, 4) is 0 Å². The highest BCUT2D eigenvalue weighted by Crippen LogP contribution is 2.13. The van der Waals surface area contributed by atoms with Crippen LogP contribution < -0.4 is 0 Å². The molecule has 1 nitrogen and oxygen atoms in total. The third-order valence-corrected chi connectivity index (χ3v) is 2.16. The molecular formula is C11H22O. The van der Waals surface area contributed by atoms with Gasteiger partial charge >= 0.3 is 0 Å². The van der Waals surface area contributed by atoms with E-state index in [1.54, 1.807) is 0 Å². The van der Waals surface area contributed by atoms with Gasteiger partial charge in [-0.25, -0.2) is 0 Å². The van der Waals surface area contributed by atoms with Crippen LogP contribution in [0.1, 0.15) is 46.0 Å². The topological polar surface area (TPSA) is 20.2 Å². The fourth-order valence-electron chi connectivity index (χ4n) is 1.33. The Kier molecular flexibility index (Phi) is 8.57. The van der Waals surface area contributed by atoms with Crippen molar-refractivity contribution in [3.63, 3.8) is 0 Å². The molecule has 0 aliphatic heterocycles. The van der Waals surface area contributed by atoms with E-state index in [0.717, 1.165) is 12.3 Å². The van der Waals surface area contributed by atoms with Gasteiger partial charge in [-0.15, -0.1) is 0 Å². The van der Waals surface area contributed by atoms with Crippen molar-refractivity contribution in [1.82, 2.24) is 0 Å². The van der Waals surface area contributed by atoms with Gasteiger partial charge in [0.15, 0.2) is 0 Å². The molecule has 1 heteroatoms. The van der Waals surface area contributed by atoms with Gasteiger partial charge in [-0.2, -0.15) is 0 Å². The summed E-state index contributed by atoms with van der Waals surface area (Å²) in [5, 5.41) is 8.61. The van der Waals surface area contributed by atoms with Gasteiger partial charge < -0.3 is 5.11 Å². The molecule has 0 heterocycles. The number of hydrogen-bond acceptors (Lipinski definition) is 1. The summed E-state index contributed by atoms with van der Waals surface area (Å²) in [6, 6.07) is 0. The molecule has 0 aliphatic carbocycles. The zero-order valence-electron chi connectivity index (χ0n) is 8.42. The molecule has 0 bridgehead atoms. The highest BCUT2D eigenvalue weighted by Gasteiger charge is 1.99. The number of aliphatic hydroxyl groups excluding tert-OH is 1. The molecule has 0 aliphatic rings. The van der Waals surface area contributed by atoms with Crippen LogP contribution >= 0.6 is 0 Å². The molecule has 0 fully saturated rings. The molecule has 1 unspecified atom stereocenters. The smallest absolute Gasteiger partial charge is 0.0431 e. The van der Waals surface area contributed by atoms with Gasteiger partial charge in [0, 0.05) is 6.61 Å². The van der Waals surface area contributed by atoms with Crippen LogP contribution in [-0.2, 0) is 0 Å². The summed E-state index contributed by atoms with van der Waals surface area (Å²) in [4.78, 5) is 0. The third-order valence-electron chi connectivity index (χ3n) is 2.16. The van der Waals surface area contributed by atoms with Crippen LogP contribution in [0, 0.1) is 5.92 Å². The van der Waals surface area contributed by atoms with E-state index in [4.69, 9.17) is 5.11 Å². The number of allylic oxidation sites excluding steroid dienone is 2. The lowest BCUT2D eigenvalue weighted by Gasteiger charge is -2.08. The van der Waals surface area contributed by atoms with Gasteiger partial charge in [-0.1, -0.05) is 25.5 Å². The second-order valence-electron chi connectivity index (χ2n) is 3.47. The normalized spacial score (nSPS) is 13.9. The quantitative estimate of drug-likeness (QED) is 0.459. The minimum Gasteiger partial charge on any atom is -0.396 e. The predicted molar refractivity (Wildman–Crippen MR) is 54.1 cm³/mol. The number of aliphatic hydroxyl groups is 1. The van der Waals surface area contributed by atoms with E-state index in [1.807, 2.05) is 0 Å². The maximum absolute atomic E-state index is 8.61. The largest absolute Gasteiger partial charge is 0.396 e. The monoisotopic (exact) mass is 170 g/mol. The first-order valence-corrected chi connectivity index (χ1v) is 5.03. The van der Waals surface area contributed by atoms with E-state index in [2.05, 4.69) is 26.0 Å². The van der Waals surface area contributed by atoms with Gasteiger partial charge in [-0.05, 0) is 38.5 Å². The zero-order valence-corrected chi connectivity index (χ0v) is 8.42.